The summed E-state index contributed by atoms with van der Waals surface area (Å²) < 4.78 is 92.9. The van der Waals surface area contributed by atoms with E-state index in [0.29, 0.717) is 28.4 Å². The maximum Gasteiger partial charge on any atom is 0.410 e. The minimum atomic E-state index is -4.95. The Morgan fingerprint density at radius 2 is 1.32 bits per heavy atom. The number of aromatic nitrogens is 4. The van der Waals surface area contributed by atoms with Crippen LogP contribution in [0, 0.1) is 0 Å². The number of anilines is 1. The van der Waals surface area contributed by atoms with Crippen LogP contribution in [-0.2, 0) is 55.8 Å². The van der Waals surface area contributed by atoms with Gasteiger partial charge in [0.05, 0.1) is 33.4 Å². The van der Waals surface area contributed by atoms with Gasteiger partial charge >= 0.3 is 12.2 Å². The standard InChI is InChI=1S/C50H59N9O11S2/c1-50(2,3)70-49(61)57-29-26-39(33-57)55-71(62,63)44-25-24-43(51-27-28-52-48(60)69-34-38-10-8-7-9-11-38)45(47-53-56-59(54-47)32-37-16-22-42(68-6)23-17-37)46(44)72(64,65)58(30-35-12-18-40(66-4)19-13-35)31-36-14-20-41(67-5)21-15-36/h7-25,39,51,55H,26-34H2,1-6H3,(H,52,60). The SMILES string of the molecule is COc1ccc(CN(Cc2ccc(OC)cc2)S(=O)(=O)c2c(S(=O)(=O)NC3CCN(C(=O)OC(C)(C)C)C3)ccc(NCCNC(=O)OCc3ccccc3)c2-c2nnn(Cc3ccc(OC)cc3)n2)cc1. The summed E-state index contributed by atoms with van der Waals surface area (Å²) >= 11 is 0. The maximum atomic E-state index is 16.0. The zero-order valence-electron chi connectivity index (χ0n) is 40.9. The number of carbonyl (C=O) groups excluding carboxylic acids is 2. The van der Waals surface area contributed by atoms with Crippen molar-refractivity contribution < 1.29 is 50.1 Å². The number of amides is 2. The van der Waals surface area contributed by atoms with Crippen molar-refractivity contribution in [3.8, 4) is 28.6 Å². The van der Waals surface area contributed by atoms with E-state index < -0.39 is 53.7 Å². The van der Waals surface area contributed by atoms with Crippen LogP contribution >= 0.6 is 0 Å². The highest BCUT2D eigenvalue weighted by atomic mass is 32.2. The van der Waals surface area contributed by atoms with Crippen LogP contribution in [0.1, 0.15) is 49.4 Å². The van der Waals surface area contributed by atoms with Gasteiger partial charge in [0.25, 0.3) is 0 Å². The summed E-state index contributed by atoms with van der Waals surface area (Å²) in [5.41, 5.74) is 1.80. The van der Waals surface area contributed by atoms with Crippen molar-refractivity contribution in [2.75, 3.05) is 52.8 Å². The molecule has 22 heteroatoms. The third kappa shape index (κ3) is 13.8. The summed E-state index contributed by atoms with van der Waals surface area (Å²) in [5, 5.41) is 19.2. The van der Waals surface area contributed by atoms with Crippen LogP contribution in [0.3, 0.4) is 0 Å². The lowest BCUT2D eigenvalue weighted by molar-refractivity contribution is 0.0291. The number of hydrogen-bond acceptors (Lipinski definition) is 15. The van der Waals surface area contributed by atoms with E-state index in [4.69, 9.17) is 23.7 Å². The minimum Gasteiger partial charge on any atom is -0.497 e. The largest absolute Gasteiger partial charge is 0.497 e. The van der Waals surface area contributed by atoms with E-state index in [1.165, 1.54) is 40.4 Å². The predicted molar refractivity (Wildman–Crippen MR) is 267 cm³/mol. The summed E-state index contributed by atoms with van der Waals surface area (Å²) in [4.78, 5) is 27.2. The van der Waals surface area contributed by atoms with Crippen LogP contribution in [0.2, 0.25) is 0 Å². The number of ether oxygens (including phenoxy) is 5. The van der Waals surface area contributed by atoms with Gasteiger partial charge in [-0.15, -0.1) is 10.2 Å². The van der Waals surface area contributed by atoms with E-state index in [0.717, 1.165) is 11.1 Å². The monoisotopic (exact) mass is 1030 g/mol. The first-order valence-electron chi connectivity index (χ1n) is 23.0. The van der Waals surface area contributed by atoms with Crippen molar-refractivity contribution in [1.82, 2.24) is 39.5 Å². The van der Waals surface area contributed by atoms with Gasteiger partial charge in [-0.3, -0.25) is 0 Å². The predicted octanol–water partition coefficient (Wildman–Crippen LogP) is 6.43. The molecular formula is C50H59N9O11S2. The average Bonchev–Trinajstić information content (AvgIpc) is 4.04. The van der Waals surface area contributed by atoms with Crippen molar-refractivity contribution in [3.63, 3.8) is 0 Å². The fraction of sp³-hybridized carbons (Fsp3) is 0.340. The molecule has 0 bridgehead atoms. The Kier molecular flexibility index (Phi) is 17.0. The molecule has 1 unspecified atom stereocenters. The molecule has 1 aliphatic heterocycles. The van der Waals surface area contributed by atoms with Gasteiger partial charge in [0.1, 0.15) is 39.2 Å². The number of nitrogens with one attached hydrogen (secondary N) is 3. The molecule has 1 saturated heterocycles. The number of nitrogens with zero attached hydrogens (tertiary/aromatic N) is 6. The summed E-state index contributed by atoms with van der Waals surface area (Å²) in [5.74, 6) is 1.50. The highest BCUT2D eigenvalue weighted by Crippen LogP contribution is 2.40. The number of hydrogen-bond donors (Lipinski definition) is 3. The van der Waals surface area contributed by atoms with Gasteiger partial charge < -0.3 is 39.2 Å². The Labute approximate surface area is 419 Å². The quantitative estimate of drug-likeness (QED) is 0.0659. The summed E-state index contributed by atoms with van der Waals surface area (Å²) in [6.07, 6.45) is -1.08. The molecule has 0 spiro atoms. The Bertz CT molecular complexity index is 2960. The van der Waals surface area contributed by atoms with Gasteiger partial charge in [-0.25, -0.2) is 31.1 Å². The second kappa shape index (κ2) is 23.3. The first kappa shape index (κ1) is 52.6. The Morgan fingerprint density at radius 1 is 0.736 bits per heavy atom. The molecule has 2 heterocycles. The molecule has 6 aromatic rings. The highest BCUT2D eigenvalue weighted by Gasteiger charge is 2.40. The van der Waals surface area contributed by atoms with Crippen molar-refractivity contribution in [2.45, 2.75) is 74.9 Å². The smallest absolute Gasteiger partial charge is 0.410 e. The van der Waals surface area contributed by atoms with E-state index in [1.54, 1.807) is 88.5 Å². The molecule has 1 aromatic heterocycles. The van der Waals surface area contributed by atoms with Crippen LogP contribution in [0.25, 0.3) is 11.4 Å². The van der Waals surface area contributed by atoms with Gasteiger partial charge in [0.15, 0.2) is 0 Å². The lowest BCUT2D eigenvalue weighted by atomic mass is 10.1. The van der Waals surface area contributed by atoms with E-state index in [-0.39, 0.29) is 75.9 Å². The van der Waals surface area contributed by atoms with Crippen molar-refractivity contribution in [1.29, 1.82) is 0 Å². The number of tetrazole rings is 1. The molecule has 5 aromatic carbocycles. The molecule has 20 nitrogen and oxygen atoms in total. The van der Waals surface area contributed by atoms with Crippen LogP contribution in [0.4, 0.5) is 15.3 Å². The van der Waals surface area contributed by atoms with Crippen molar-refractivity contribution >= 4 is 37.9 Å². The molecule has 3 N–H and O–H groups in total. The number of alkyl carbamates (subject to hydrolysis) is 1. The zero-order valence-corrected chi connectivity index (χ0v) is 42.5. The lowest BCUT2D eigenvalue weighted by Gasteiger charge is -2.27. The van der Waals surface area contributed by atoms with Gasteiger partial charge in [0, 0.05) is 51.0 Å². The minimum absolute atomic E-state index is 0.00519. The number of sulfonamides is 2. The number of benzene rings is 5. The fourth-order valence-electron chi connectivity index (χ4n) is 7.70. The van der Waals surface area contributed by atoms with Gasteiger partial charge in [-0.2, -0.15) is 9.10 Å². The van der Waals surface area contributed by atoms with E-state index >= 15 is 16.8 Å². The zero-order chi connectivity index (χ0) is 51.5. The van der Waals surface area contributed by atoms with Gasteiger partial charge in [0.2, 0.25) is 25.9 Å². The summed E-state index contributed by atoms with van der Waals surface area (Å²) in [7, 11) is -5.13. The van der Waals surface area contributed by atoms with Crippen LogP contribution in [0.5, 0.6) is 17.2 Å². The second-order valence-electron chi connectivity index (χ2n) is 17.7. The number of carbonyl (C=O) groups is 2. The summed E-state index contributed by atoms with van der Waals surface area (Å²) in [6.45, 7) is 5.07. The van der Waals surface area contributed by atoms with E-state index in [2.05, 4.69) is 30.8 Å². The summed E-state index contributed by atoms with van der Waals surface area (Å²) in [6, 6.07) is 31.8. The topological polar surface area (TPSA) is 235 Å². The molecule has 0 saturated carbocycles. The Balaban J connectivity index is 1.33. The molecule has 2 amide bonds. The molecule has 7 rings (SSSR count). The van der Waals surface area contributed by atoms with Gasteiger partial charge in [-0.05, 0) is 103 Å². The molecule has 1 fully saturated rings. The molecule has 1 atom stereocenters. The van der Waals surface area contributed by atoms with Crippen LogP contribution < -0.4 is 29.6 Å². The molecular weight excluding hydrogens is 967 g/mol. The third-order valence-corrected chi connectivity index (χ3v) is 14.9. The number of rotatable bonds is 21. The normalized spacial score (nSPS) is 13.9. The van der Waals surface area contributed by atoms with E-state index in [9.17, 15) is 9.59 Å². The van der Waals surface area contributed by atoms with Gasteiger partial charge in [-0.1, -0.05) is 66.7 Å². The molecule has 382 valence electrons. The Morgan fingerprint density at radius 3 is 1.89 bits per heavy atom. The van der Waals surface area contributed by atoms with Crippen molar-refractivity contribution in [3.05, 3.63) is 138 Å². The van der Waals surface area contributed by atoms with Crippen LogP contribution in [0.15, 0.2) is 125 Å². The maximum absolute atomic E-state index is 16.0. The van der Waals surface area contributed by atoms with Crippen LogP contribution in [-0.4, -0.2) is 118 Å². The molecule has 1 aliphatic rings. The molecule has 72 heavy (non-hydrogen) atoms. The molecule has 0 radical (unpaired) electrons. The fourth-order valence-corrected chi connectivity index (χ4v) is 11.4. The highest BCUT2D eigenvalue weighted by molar-refractivity contribution is 7.92. The Hall–Kier alpha value is -7.27. The van der Waals surface area contributed by atoms with Crippen molar-refractivity contribution in [2.24, 2.45) is 0 Å². The first-order valence-corrected chi connectivity index (χ1v) is 25.9. The second-order valence-corrected chi connectivity index (χ2v) is 21.3. The number of likely N-dealkylation sites (tertiary alicyclic amines) is 1. The first-order chi connectivity index (χ1) is 34.4. The lowest BCUT2D eigenvalue weighted by Crippen LogP contribution is -2.41. The van der Waals surface area contributed by atoms with E-state index in [1.807, 2.05) is 42.5 Å². The molecule has 0 aliphatic carbocycles. The average molecular weight is 1030 g/mol. The number of methoxy groups -OCH3 is 3. The third-order valence-electron chi connectivity index (χ3n) is 11.3.